The molecule has 0 bridgehead atoms. The van der Waals surface area contributed by atoms with Gasteiger partial charge in [0.05, 0.1) is 11.7 Å². The molecule has 0 amide bonds. The van der Waals surface area contributed by atoms with Gasteiger partial charge in [0.15, 0.2) is 0 Å². The summed E-state index contributed by atoms with van der Waals surface area (Å²) in [5, 5.41) is 7.42. The number of pyridine rings is 1. The Morgan fingerprint density at radius 3 is 2.95 bits per heavy atom. The first-order valence-electron chi connectivity index (χ1n) is 6.42. The molecule has 0 fully saturated rings. The van der Waals surface area contributed by atoms with Crippen molar-refractivity contribution in [1.29, 1.82) is 0 Å². The number of benzene rings is 1. The van der Waals surface area contributed by atoms with Gasteiger partial charge in [-0.1, -0.05) is 12.1 Å². The highest BCUT2D eigenvalue weighted by Gasteiger charge is 2.06. The zero-order chi connectivity index (χ0) is 14.7. The van der Waals surface area contributed by atoms with E-state index >= 15 is 0 Å². The van der Waals surface area contributed by atoms with Crippen LogP contribution in [0.1, 0.15) is 5.56 Å². The Kier molecular flexibility index (Phi) is 3.68. The van der Waals surface area contributed by atoms with E-state index in [9.17, 15) is 8.78 Å². The Morgan fingerprint density at radius 1 is 1.19 bits per heavy atom. The fourth-order valence-electron chi connectivity index (χ4n) is 2.10. The Bertz CT molecular complexity index is 742. The number of hydrogen-bond acceptors (Lipinski definition) is 3. The van der Waals surface area contributed by atoms with E-state index in [0.29, 0.717) is 12.2 Å². The Balaban J connectivity index is 1.72. The van der Waals surface area contributed by atoms with Crippen molar-refractivity contribution in [1.82, 2.24) is 9.61 Å². The third-order valence-electron chi connectivity index (χ3n) is 3.05. The van der Waals surface area contributed by atoms with Crippen LogP contribution < -0.4 is 10.1 Å². The normalized spacial score (nSPS) is 11.0. The van der Waals surface area contributed by atoms with E-state index in [1.807, 2.05) is 24.4 Å². The summed E-state index contributed by atoms with van der Waals surface area (Å²) in [6, 6.07) is 12.3. The number of nitrogens with zero attached hydrogens (tertiary/aromatic N) is 2. The van der Waals surface area contributed by atoms with Crippen molar-refractivity contribution >= 4 is 11.2 Å². The van der Waals surface area contributed by atoms with Crippen LogP contribution in [0.5, 0.6) is 5.75 Å². The van der Waals surface area contributed by atoms with Gasteiger partial charge in [0, 0.05) is 30.1 Å². The van der Waals surface area contributed by atoms with Gasteiger partial charge in [0.1, 0.15) is 5.75 Å². The lowest BCUT2D eigenvalue weighted by Gasteiger charge is -2.08. The molecule has 6 heteroatoms. The lowest BCUT2D eigenvalue weighted by Crippen LogP contribution is -2.03. The number of rotatable bonds is 5. The van der Waals surface area contributed by atoms with Crippen LogP contribution in [-0.2, 0) is 6.54 Å². The topological polar surface area (TPSA) is 38.6 Å². The first-order valence-corrected chi connectivity index (χ1v) is 6.42. The quantitative estimate of drug-likeness (QED) is 0.780. The minimum Gasteiger partial charge on any atom is -0.435 e. The van der Waals surface area contributed by atoms with E-state index in [-0.39, 0.29) is 5.75 Å². The summed E-state index contributed by atoms with van der Waals surface area (Å²) in [4.78, 5) is 0. The molecular formula is C15H13F2N3O. The van der Waals surface area contributed by atoms with Crippen LogP contribution >= 0.6 is 0 Å². The van der Waals surface area contributed by atoms with Gasteiger partial charge in [-0.15, -0.1) is 0 Å². The molecule has 0 aliphatic carbocycles. The number of ether oxygens (including phenoxy) is 1. The van der Waals surface area contributed by atoms with Gasteiger partial charge in [-0.2, -0.15) is 13.9 Å². The maximum Gasteiger partial charge on any atom is 0.387 e. The lowest BCUT2D eigenvalue weighted by molar-refractivity contribution is -0.0498. The average Bonchev–Trinajstić information content (AvgIpc) is 2.88. The second-order valence-electron chi connectivity index (χ2n) is 4.46. The van der Waals surface area contributed by atoms with Crippen LogP contribution in [0.25, 0.3) is 5.52 Å². The van der Waals surface area contributed by atoms with Gasteiger partial charge >= 0.3 is 6.61 Å². The fourth-order valence-corrected chi connectivity index (χ4v) is 2.10. The predicted molar refractivity (Wildman–Crippen MR) is 75.6 cm³/mol. The number of fused-ring (bicyclic) bond motifs is 1. The average molecular weight is 289 g/mol. The summed E-state index contributed by atoms with van der Waals surface area (Å²) in [5.74, 6) is 0.134. The summed E-state index contributed by atoms with van der Waals surface area (Å²) >= 11 is 0. The number of aromatic nitrogens is 2. The molecule has 2 heterocycles. The van der Waals surface area contributed by atoms with E-state index in [4.69, 9.17) is 0 Å². The van der Waals surface area contributed by atoms with E-state index < -0.39 is 6.61 Å². The molecule has 108 valence electrons. The SMILES string of the molecule is FC(F)Oc1cccc(NCc2cnn3ccccc23)c1. The highest BCUT2D eigenvalue weighted by Crippen LogP contribution is 2.20. The Morgan fingerprint density at radius 2 is 2.10 bits per heavy atom. The highest BCUT2D eigenvalue weighted by atomic mass is 19.3. The summed E-state index contributed by atoms with van der Waals surface area (Å²) in [6.07, 6.45) is 3.65. The number of halogens is 2. The number of nitrogens with one attached hydrogen (secondary N) is 1. The van der Waals surface area contributed by atoms with Gasteiger partial charge in [-0.3, -0.25) is 0 Å². The highest BCUT2D eigenvalue weighted by molar-refractivity contribution is 5.56. The molecule has 0 radical (unpaired) electrons. The van der Waals surface area contributed by atoms with E-state index in [2.05, 4.69) is 15.2 Å². The van der Waals surface area contributed by atoms with Crippen molar-refractivity contribution in [2.45, 2.75) is 13.2 Å². The molecule has 1 aromatic carbocycles. The first kappa shape index (κ1) is 13.4. The van der Waals surface area contributed by atoms with Crippen LogP contribution in [0.3, 0.4) is 0 Å². The van der Waals surface area contributed by atoms with Crippen LogP contribution in [0, 0.1) is 0 Å². The molecule has 0 saturated carbocycles. The van der Waals surface area contributed by atoms with Crippen molar-refractivity contribution in [2.75, 3.05) is 5.32 Å². The Hall–Kier alpha value is -2.63. The summed E-state index contributed by atoms with van der Waals surface area (Å²) in [5.41, 5.74) is 2.74. The number of anilines is 1. The fraction of sp³-hybridized carbons (Fsp3) is 0.133. The number of alkyl halides is 2. The largest absolute Gasteiger partial charge is 0.435 e. The third kappa shape index (κ3) is 3.10. The molecule has 0 spiro atoms. The molecule has 4 nitrogen and oxygen atoms in total. The van der Waals surface area contributed by atoms with E-state index in [1.54, 1.807) is 22.8 Å². The third-order valence-corrected chi connectivity index (χ3v) is 3.05. The molecule has 3 rings (SSSR count). The Labute approximate surface area is 120 Å². The molecule has 0 aliphatic heterocycles. The summed E-state index contributed by atoms with van der Waals surface area (Å²) in [6.45, 7) is -2.27. The van der Waals surface area contributed by atoms with Gasteiger partial charge < -0.3 is 10.1 Å². The molecule has 1 N–H and O–H groups in total. The maximum atomic E-state index is 12.2. The smallest absolute Gasteiger partial charge is 0.387 e. The minimum atomic E-state index is -2.82. The number of hydrogen-bond donors (Lipinski definition) is 1. The van der Waals surface area contributed by atoms with Crippen LogP contribution in [0.4, 0.5) is 14.5 Å². The predicted octanol–water partition coefficient (Wildman–Crippen LogP) is 3.55. The first-order chi connectivity index (χ1) is 10.2. The zero-order valence-electron chi connectivity index (χ0n) is 11.0. The van der Waals surface area contributed by atoms with Gasteiger partial charge in [0.25, 0.3) is 0 Å². The molecule has 3 aromatic rings. The molecule has 0 aliphatic rings. The summed E-state index contributed by atoms with van der Waals surface area (Å²) in [7, 11) is 0. The lowest BCUT2D eigenvalue weighted by atomic mass is 10.2. The molecule has 0 saturated heterocycles. The molecule has 0 unspecified atom stereocenters. The van der Waals surface area contributed by atoms with E-state index in [0.717, 1.165) is 11.1 Å². The maximum absolute atomic E-state index is 12.2. The molecule has 2 aromatic heterocycles. The second kappa shape index (κ2) is 5.78. The van der Waals surface area contributed by atoms with Crippen molar-refractivity contribution in [3.63, 3.8) is 0 Å². The van der Waals surface area contributed by atoms with Gasteiger partial charge in [-0.25, -0.2) is 4.52 Å². The molecule has 0 atom stereocenters. The minimum absolute atomic E-state index is 0.134. The van der Waals surface area contributed by atoms with Crippen molar-refractivity contribution < 1.29 is 13.5 Å². The molecule has 21 heavy (non-hydrogen) atoms. The second-order valence-corrected chi connectivity index (χ2v) is 4.46. The van der Waals surface area contributed by atoms with Crippen LogP contribution in [0.2, 0.25) is 0 Å². The van der Waals surface area contributed by atoms with Gasteiger partial charge in [0.2, 0.25) is 0 Å². The summed E-state index contributed by atoms with van der Waals surface area (Å²) < 4.78 is 30.5. The standard InChI is InChI=1S/C15H13F2N3O/c16-15(17)21-13-5-3-4-12(8-13)18-9-11-10-19-20-7-2-1-6-14(11)20/h1-8,10,15,18H,9H2. The van der Waals surface area contributed by atoms with Crippen molar-refractivity contribution in [2.24, 2.45) is 0 Å². The van der Waals surface area contributed by atoms with E-state index in [1.165, 1.54) is 12.1 Å². The monoisotopic (exact) mass is 289 g/mol. The van der Waals surface area contributed by atoms with Crippen LogP contribution in [0.15, 0.2) is 54.9 Å². The van der Waals surface area contributed by atoms with Crippen molar-refractivity contribution in [3.8, 4) is 5.75 Å². The zero-order valence-corrected chi connectivity index (χ0v) is 11.0. The molecular weight excluding hydrogens is 276 g/mol. The van der Waals surface area contributed by atoms with Crippen molar-refractivity contribution in [3.05, 3.63) is 60.4 Å². The van der Waals surface area contributed by atoms with Gasteiger partial charge in [-0.05, 0) is 24.3 Å². The van der Waals surface area contributed by atoms with Crippen LogP contribution in [-0.4, -0.2) is 16.2 Å².